The summed E-state index contributed by atoms with van der Waals surface area (Å²) in [6.45, 7) is 1.79. The maximum Gasteiger partial charge on any atom is 0.226 e. The van der Waals surface area contributed by atoms with Crippen LogP contribution < -0.4 is 0 Å². The molecule has 0 aromatic carbocycles. The van der Waals surface area contributed by atoms with E-state index in [1.165, 1.54) is 5.56 Å². The lowest BCUT2D eigenvalue weighted by Crippen LogP contribution is -2.42. The summed E-state index contributed by atoms with van der Waals surface area (Å²) < 4.78 is 1.83. The van der Waals surface area contributed by atoms with Crippen LogP contribution in [0.4, 0.5) is 0 Å². The maximum absolute atomic E-state index is 12.9. The second kappa shape index (κ2) is 6.07. The van der Waals surface area contributed by atoms with Crippen LogP contribution in [0.25, 0.3) is 0 Å². The topological polar surface area (TPSA) is 51.0 Å². The third-order valence-electron chi connectivity index (χ3n) is 5.36. The largest absolute Gasteiger partial charge is 0.342 e. The number of aryl methyl sites for hydroxylation is 2. The van der Waals surface area contributed by atoms with Gasteiger partial charge in [0.05, 0.1) is 11.4 Å². The van der Waals surface area contributed by atoms with E-state index in [4.69, 9.17) is 0 Å². The fraction of sp³-hybridized carbons (Fsp3) is 0.588. The number of hydrogen-bond acceptors (Lipinski definition) is 4. The summed E-state index contributed by atoms with van der Waals surface area (Å²) in [6.07, 6.45) is 4.77. The zero-order valence-corrected chi connectivity index (χ0v) is 14.3. The first-order chi connectivity index (χ1) is 11.2. The lowest BCUT2D eigenvalue weighted by atomic mass is 9.86. The highest BCUT2D eigenvalue weighted by Crippen LogP contribution is 2.31. The van der Waals surface area contributed by atoms with Gasteiger partial charge >= 0.3 is 0 Å². The summed E-state index contributed by atoms with van der Waals surface area (Å²) in [5.41, 5.74) is 3.67. The number of carbonyl (C=O) groups is 1. The molecule has 0 N–H and O–H groups in total. The molecule has 1 fully saturated rings. The van der Waals surface area contributed by atoms with Crippen LogP contribution in [0.5, 0.6) is 0 Å². The van der Waals surface area contributed by atoms with Crippen molar-refractivity contribution in [1.29, 1.82) is 0 Å². The minimum atomic E-state index is 0.109. The molecule has 0 saturated carbocycles. The maximum atomic E-state index is 12.9. The first-order valence-electron chi connectivity index (χ1n) is 8.40. The van der Waals surface area contributed by atoms with Gasteiger partial charge in [0.1, 0.15) is 0 Å². The average Bonchev–Trinajstić information content (AvgIpc) is 3.25. The molecule has 0 radical (unpaired) electrons. The van der Waals surface area contributed by atoms with Gasteiger partial charge in [-0.15, -0.1) is 5.10 Å². The fourth-order valence-corrected chi connectivity index (χ4v) is 4.66. The van der Waals surface area contributed by atoms with Crippen molar-refractivity contribution in [1.82, 2.24) is 19.9 Å². The van der Waals surface area contributed by atoms with E-state index in [0.29, 0.717) is 11.8 Å². The lowest BCUT2D eigenvalue weighted by molar-refractivity contribution is -0.137. The molecule has 1 atom stereocenters. The molecular formula is C17H22N4OS. The van der Waals surface area contributed by atoms with Crippen LogP contribution in [0.2, 0.25) is 0 Å². The Morgan fingerprint density at radius 2 is 2.13 bits per heavy atom. The Morgan fingerprint density at radius 3 is 2.87 bits per heavy atom. The van der Waals surface area contributed by atoms with E-state index in [1.807, 2.05) is 11.7 Å². The van der Waals surface area contributed by atoms with Crippen LogP contribution in [-0.4, -0.2) is 38.9 Å². The Hall–Kier alpha value is -1.69. The molecule has 122 valence electrons. The second-order valence-electron chi connectivity index (χ2n) is 6.70. The second-order valence-corrected chi connectivity index (χ2v) is 7.48. The molecule has 6 heteroatoms. The third-order valence-corrected chi connectivity index (χ3v) is 6.06. The highest BCUT2D eigenvalue weighted by molar-refractivity contribution is 7.07. The minimum Gasteiger partial charge on any atom is -0.342 e. The monoisotopic (exact) mass is 330 g/mol. The molecule has 1 aliphatic heterocycles. The highest BCUT2D eigenvalue weighted by atomic mass is 32.1. The van der Waals surface area contributed by atoms with Crippen molar-refractivity contribution in [3.63, 3.8) is 0 Å². The molecule has 3 heterocycles. The molecule has 5 nitrogen and oxygen atoms in total. The molecule has 2 aliphatic rings. The lowest BCUT2D eigenvalue weighted by Gasteiger charge is -2.35. The molecule has 0 spiro atoms. The number of amides is 1. The van der Waals surface area contributed by atoms with Crippen LogP contribution in [0.1, 0.15) is 42.1 Å². The SMILES string of the molecule is Cn1nnc2c1CC(C(=O)N1CCC(c3ccsc3)CC1)CC2. The Balaban J connectivity index is 1.38. The first-order valence-corrected chi connectivity index (χ1v) is 9.35. The van der Waals surface area contributed by atoms with Gasteiger partial charge in [-0.1, -0.05) is 5.21 Å². The summed E-state index contributed by atoms with van der Waals surface area (Å²) >= 11 is 1.76. The fourth-order valence-electron chi connectivity index (χ4n) is 3.92. The predicted octanol–water partition coefficient (Wildman–Crippen LogP) is 2.39. The Morgan fingerprint density at radius 1 is 1.30 bits per heavy atom. The van der Waals surface area contributed by atoms with Gasteiger partial charge in [0, 0.05) is 32.5 Å². The number of aromatic nitrogens is 3. The first kappa shape index (κ1) is 14.9. The van der Waals surface area contributed by atoms with Crippen LogP contribution >= 0.6 is 11.3 Å². The van der Waals surface area contributed by atoms with E-state index in [2.05, 4.69) is 32.0 Å². The van der Waals surface area contributed by atoms with Gasteiger partial charge in [-0.05, 0) is 54.0 Å². The molecule has 1 aliphatic carbocycles. The van der Waals surface area contributed by atoms with E-state index >= 15 is 0 Å². The Labute approximate surface area is 140 Å². The molecule has 1 amide bonds. The highest BCUT2D eigenvalue weighted by Gasteiger charge is 2.32. The molecule has 23 heavy (non-hydrogen) atoms. The summed E-state index contributed by atoms with van der Waals surface area (Å²) in [7, 11) is 1.92. The number of nitrogens with zero attached hydrogens (tertiary/aromatic N) is 4. The normalized spacial score (nSPS) is 22.1. The van der Waals surface area contributed by atoms with E-state index in [9.17, 15) is 4.79 Å². The van der Waals surface area contributed by atoms with Gasteiger partial charge < -0.3 is 4.90 Å². The molecule has 1 saturated heterocycles. The number of piperidine rings is 1. The zero-order chi connectivity index (χ0) is 15.8. The predicted molar refractivity (Wildman–Crippen MR) is 89.4 cm³/mol. The van der Waals surface area contributed by atoms with Crippen LogP contribution in [0, 0.1) is 5.92 Å². The number of carbonyl (C=O) groups excluding carboxylic acids is 1. The van der Waals surface area contributed by atoms with Crippen molar-refractivity contribution in [2.45, 2.75) is 38.0 Å². The third kappa shape index (κ3) is 2.80. The van der Waals surface area contributed by atoms with E-state index < -0.39 is 0 Å². The summed E-state index contributed by atoms with van der Waals surface area (Å²) in [5.74, 6) is 1.07. The van der Waals surface area contributed by atoms with Crippen molar-refractivity contribution >= 4 is 17.2 Å². The molecule has 4 rings (SSSR count). The molecule has 0 bridgehead atoms. The summed E-state index contributed by atoms with van der Waals surface area (Å²) in [5, 5.41) is 12.7. The van der Waals surface area contributed by atoms with Gasteiger partial charge in [0.15, 0.2) is 0 Å². The number of thiophene rings is 1. The van der Waals surface area contributed by atoms with Gasteiger partial charge in [-0.3, -0.25) is 9.48 Å². The number of likely N-dealkylation sites (tertiary alicyclic amines) is 1. The smallest absolute Gasteiger partial charge is 0.226 e. The number of rotatable bonds is 2. The summed E-state index contributed by atoms with van der Waals surface area (Å²) in [6, 6.07) is 2.23. The average molecular weight is 330 g/mol. The van der Waals surface area contributed by atoms with Gasteiger partial charge in [0.2, 0.25) is 5.91 Å². The molecule has 2 aromatic rings. The van der Waals surface area contributed by atoms with E-state index in [-0.39, 0.29) is 5.92 Å². The van der Waals surface area contributed by atoms with Crippen LogP contribution in [0.15, 0.2) is 16.8 Å². The van der Waals surface area contributed by atoms with Gasteiger partial charge in [-0.25, -0.2) is 0 Å². The standard InChI is InChI=1S/C17H22N4OS/c1-20-16-10-13(2-3-15(16)18-19-20)17(22)21-7-4-12(5-8-21)14-6-9-23-11-14/h6,9,11-13H,2-5,7-8,10H2,1H3. The van der Waals surface area contributed by atoms with E-state index in [1.54, 1.807) is 11.3 Å². The van der Waals surface area contributed by atoms with Gasteiger partial charge in [0.25, 0.3) is 0 Å². The molecular weight excluding hydrogens is 308 g/mol. The molecule has 1 unspecified atom stereocenters. The number of fused-ring (bicyclic) bond motifs is 1. The number of hydrogen-bond donors (Lipinski definition) is 0. The quantitative estimate of drug-likeness (QED) is 0.849. The van der Waals surface area contributed by atoms with Gasteiger partial charge in [-0.2, -0.15) is 11.3 Å². The Kier molecular flexibility index (Phi) is 3.93. The zero-order valence-electron chi connectivity index (χ0n) is 13.4. The van der Waals surface area contributed by atoms with Crippen molar-refractivity contribution in [3.05, 3.63) is 33.8 Å². The van der Waals surface area contributed by atoms with Crippen molar-refractivity contribution < 1.29 is 4.79 Å². The minimum absolute atomic E-state index is 0.109. The molecule has 2 aromatic heterocycles. The van der Waals surface area contributed by atoms with Crippen LogP contribution in [-0.2, 0) is 24.7 Å². The van der Waals surface area contributed by atoms with Crippen LogP contribution in [0.3, 0.4) is 0 Å². The van der Waals surface area contributed by atoms with Crippen molar-refractivity contribution in [3.8, 4) is 0 Å². The Bertz CT molecular complexity index is 686. The summed E-state index contributed by atoms with van der Waals surface area (Å²) in [4.78, 5) is 15.0. The van der Waals surface area contributed by atoms with E-state index in [0.717, 1.165) is 56.6 Å². The van der Waals surface area contributed by atoms with Crippen molar-refractivity contribution in [2.24, 2.45) is 13.0 Å². The van der Waals surface area contributed by atoms with Crippen molar-refractivity contribution in [2.75, 3.05) is 13.1 Å².